The van der Waals surface area contributed by atoms with Gasteiger partial charge in [0, 0.05) is 6.42 Å². The summed E-state index contributed by atoms with van der Waals surface area (Å²) < 4.78 is 34.1. The van der Waals surface area contributed by atoms with Crippen LogP contribution in [-0.4, -0.2) is 193 Å². The van der Waals surface area contributed by atoms with Crippen LogP contribution >= 0.6 is 0 Å². The fourth-order valence-corrected chi connectivity index (χ4v) is 8.72. The average Bonchev–Trinajstić information content (AvgIpc) is 3.40. The highest BCUT2D eigenvalue weighted by Gasteiger charge is 2.53. The van der Waals surface area contributed by atoms with Crippen molar-refractivity contribution in [3.8, 4) is 0 Å². The number of nitrogens with one attached hydrogen (secondary N) is 1. The summed E-state index contributed by atoms with van der Waals surface area (Å²) in [7, 11) is 0. The molecule has 0 aromatic carbocycles. The number of aliphatic hydroxyl groups is 11. The fraction of sp³-hybridized carbons (Fsp3) is 0.764. The smallest absolute Gasteiger partial charge is 0.220 e. The summed E-state index contributed by atoms with van der Waals surface area (Å²) in [5, 5.41) is 120. The van der Waals surface area contributed by atoms with Gasteiger partial charge >= 0.3 is 0 Å². The van der Waals surface area contributed by atoms with Gasteiger partial charge in [-0.05, 0) is 70.6 Å². The first-order valence-corrected chi connectivity index (χ1v) is 27.2. The molecule has 0 saturated carbocycles. The molecular formula is C55H93NO18. The number of hydrogen-bond acceptors (Lipinski definition) is 18. The van der Waals surface area contributed by atoms with Crippen molar-refractivity contribution in [2.75, 3.05) is 26.4 Å². The normalized spacial score (nSPS) is 32.0. The molecule has 0 radical (unpaired) electrons. The van der Waals surface area contributed by atoms with E-state index in [0.29, 0.717) is 12.8 Å². The Kier molecular flexibility index (Phi) is 34.3. The monoisotopic (exact) mass is 1060 g/mol. The highest BCUT2D eigenvalue weighted by Crippen LogP contribution is 2.33. The molecule has 3 rings (SSSR count). The van der Waals surface area contributed by atoms with Gasteiger partial charge in [-0.2, -0.15) is 0 Å². The molecule has 426 valence electrons. The Hall–Kier alpha value is -2.77. The van der Waals surface area contributed by atoms with Crippen LogP contribution in [0.4, 0.5) is 0 Å². The Bertz CT molecular complexity index is 1640. The molecule has 0 aromatic rings. The highest BCUT2D eigenvalue weighted by atomic mass is 16.8. The second kappa shape index (κ2) is 38.7. The Morgan fingerprint density at radius 2 is 0.946 bits per heavy atom. The molecule has 17 atom stereocenters. The van der Waals surface area contributed by atoms with Crippen LogP contribution in [0.25, 0.3) is 0 Å². The molecule has 74 heavy (non-hydrogen) atoms. The highest BCUT2D eigenvalue weighted by molar-refractivity contribution is 5.76. The van der Waals surface area contributed by atoms with Crippen molar-refractivity contribution >= 4 is 5.91 Å². The van der Waals surface area contributed by atoms with Gasteiger partial charge in [-0.3, -0.25) is 4.79 Å². The molecule has 3 saturated heterocycles. The van der Waals surface area contributed by atoms with Crippen LogP contribution in [0.3, 0.4) is 0 Å². The topological polar surface area (TPSA) is 307 Å². The van der Waals surface area contributed by atoms with E-state index in [1.165, 1.54) is 19.3 Å². The molecule has 19 nitrogen and oxygen atoms in total. The van der Waals surface area contributed by atoms with E-state index in [2.05, 4.69) is 79.9 Å². The van der Waals surface area contributed by atoms with E-state index in [0.717, 1.165) is 83.5 Å². The predicted molar refractivity (Wildman–Crippen MR) is 277 cm³/mol. The summed E-state index contributed by atoms with van der Waals surface area (Å²) >= 11 is 0. The van der Waals surface area contributed by atoms with E-state index in [1.54, 1.807) is 6.08 Å². The van der Waals surface area contributed by atoms with E-state index in [1.807, 2.05) is 6.08 Å². The first-order chi connectivity index (χ1) is 35.8. The van der Waals surface area contributed by atoms with Crippen molar-refractivity contribution in [1.29, 1.82) is 0 Å². The number of hydrogen-bond donors (Lipinski definition) is 12. The van der Waals surface area contributed by atoms with Gasteiger partial charge < -0.3 is 89.9 Å². The summed E-state index contributed by atoms with van der Waals surface area (Å²) in [6.45, 7) is 1.49. The molecule has 3 aliphatic heterocycles. The van der Waals surface area contributed by atoms with Gasteiger partial charge in [-0.15, -0.1) is 0 Å². The van der Waals surface area contributed by atoms with E-state index < -0.39 is 124 Å². The Morgan fingerprint density at radius 3 is 1.51 bits per heavy atom. The second-order valence-corrected chi connectivity index (χ2v) is 19.3. The second-order valence-electron chi connectivity index (χ2n) is 19.3. The quantitative estimate of drug-likeness (QED) is 0.0314. The number of carbonyl (C=O) groups excluding carboxylic acids is 1. The predicted octanol–water partition coefficient (Wildman–Crippen LogP) is 3.09. The van der Waals surface area contributed by atoms with Crippen LogP contribution in [0, 0.1) is 0 Å². The zero-order valence-corrected chi connectivity index (χ0v) is 43.8. The minimum atomic E-state index is -1.98. The molecule has 12 N–H and O–H groups in total. The molecule has 0 bridgehead atoms. The van der Waals surface area contributed by atoms with E-state index >= 15 is 0 Å². The maximum atomic E-state index is 13.2. The zero-order chi connectivity index (χ0) is 54.1. The Balaban J connectivity index is 1.53. The molecule has 3 fully saturated rings. The molecule has 17 unspecified atom stereocenters. The lowest BCUT2D eigenvalue weighted by Crippen LogP contribution is -2.66. The van der Waals surface area contributed by atoms with Crippen LogP contribution < -0.4 is 5.32 Å². The summed E-state index contributed by atoms with van der Waals surface area (Å²) in [5.74, 6) is -0.307. The van der Waals surface area contributed by atoms with Gasteiger partial charge in [0.05, 0.1) is 38.6 Å². The van der Waals surface area contributed by atoms with Crippen LogP contribution in [0.1, 0.15) is 136 Å². The first kappa shape index (κ1) is 65.5. The lowest BCUT2D eigenvalue weighted by atomic mass is 9.96. The minimum Gasteiger partial charge on any atom is -0.394 e. The molecular weight excluding hydrogens is 963 g/mol. The van der Waals surface area contributed by atoms with Gasteiger partial charge in [0.1, 0.15) is 73.2 Å². The van der Waals surface area contributed by atoms with Crippen molar-refractivity contribution in [3.05, 3.63) is 72.9 Å². The van der Waals surface area contributed by atoms with Crippen LogP contribution in [0.15, 0.2) is 72.9 Å². The standard InChI is InChI=1S/C55H93NO18/c1-3-5-7-9-11-13-15-16-17-18-19-20-21-22-23-25-27-29-31-33-43(61)56-38(39(60)32-30-28-26-24-14-12-10-8-6-4-2)37-69-53-49(67)46(64)51(41(35-58)71-53)74-55-50(68)47(65)52(42(36-59)72-55)73-54-48(66)45(63)44(62)40(34-57)70-54/h5,7,11,13-14,16-17,19-20,24,30,32,38-42,44-55,57-60,62-68H,3-4,6,8-10,12,15,18,21-23,25-29,31,33-37H2,1-2H3,(H,56,61)/b7-5-,13-11-,17-16-,20-19-,24-14+,32-30+. The fourth-order valence-electron chi connectivity index (χ4n) is 8.72. The van der Waals surface area contributed by atoms with Gasteiger partial charge in [-0.1, -0.05) is 132 Å². The van der Waals surface area contributed by atoms with Crippen molar-refractivity contribution in [1.82, 2.24) is 5.32 Å². The molecule has 3 aliphatic rings. The molecule has 0 aromatic heterocycles. The Morgan fingerprint density at radius 1 is 0.500 bits per heavy atom. The SMILES string of the molecule is CC/C=C\C/C=C\C/C=C\C/C=C\CCCCCCCCC(=O)NC(COC1OC(CO)C(OC2OC(CO)C(OC3OC(CO)C(O)C(O)C3O)C(O)C2O)C(O)C1O)C(O)/C=C/CC/C=C/CCCCCC. The molecule has 0 spiro atoms. The van der Waals surface area contributed by atoms with Crippen molar-refractivity contribution in [3.63, 3.8) is 0 Å². The minimum absolute atomic E-state index is 0.215. The lowest BCUT2D eigenvalue weighted by molar-refractivity contribution is -0.379. The molecule has 0 aliphatic carbocycles. The molecule has 3 heterocycles. The molecule has 1 amide bonds. The maximum Gasteiger partial charge on any atom is 0.220 e. The van der Waals surface area contributed by atoms with Crippen LogP contribution in [0.5, 0.6) is 0 Å². The van der Waals surface area contributed by atoms with Crippen LogP contribution in [-0.2, 0) is 33.2 Å². The van der Waals surface area contributed by atoms with Crippen LogP contribution in [0.2, 0.25) is 0 Å². The maximum absolute atomic E-state index is 13.2. The van der Waals surface area contributed by atoms with Gasteiger partial charge in [0.15, 0.2) is 18.9 Å². The number of aliphatic hydroxyl groups excluding tert-OH is 11. The number of carbonyl (C=O) groups is 1. The summed E-state index contributed by atoms with van der Waals surface area (Å²) in [6, 6.07) is -0.999. The van der Waals surface area contributed by atoms with Gasteiger partial charge in [-0.25, -0.2) is 0 Å². The van der Waals surface area contributed by atoms with Crippen molar-refractivity contribution in [2.24, 2.45) is 0 Å². The number of allylic oxidation sites excluding steroid dienone is 11. The third kappa shape index (κ3) is 23.5. The molecule has 19 heteroatoms. The number of ether oxygens (including phenoxy) is 6. The number of amides is 1. The van der Waals surface area contributed by atoms with E-state index in [-0.39, 0.29) is 18.9 Å². The van der Waals surface area contributed by atoms with Crippen molar-refractivity contribution < 1.29 is 89.4 Å². The summed E-state index contributed by atoms with van der Waals surface area (Å²) in [5.41, 5.74) is 0. The van der Waals surface area contributed by atoms with E-state index in [4.69, 9.17) is 28.4 Å². The summed E-state index contributed by atoms with van der Waals surface area (Å²) in [4.78, 5) is 13.2. The Labute approximate surface area is 438 Å². The lowest BCUT2D eigenvalue weighted by Gasteiger charge is -2.48. The largest absolute Gasteiger partial charge is 0.394 e. The third-order valence-corrected chi connectivity index (χ3v) is 13.2. The average molecular weight is 1060 g/mol. The summed E-state index contributed by atoms with van der Waals surface area (Å²) in [6.07, 6.45) is 16.2. The van der Waals surface area contributed by atoms with Gasteiger partial charge in [0.2, 0.25) is 5.91 Å². The van der Waals surface area contributed by atoms with E-state index in [9.17, 15) is 61.0 Å². The number of rotatable bonds is 37. The number of unbranched alkanes of at least 4 members (excludes halogenated alkanes) is 11. The third-order valence-electron chi connectivity index (χ3n) is 13.2. The first-order valence-electron chi connectivity index (χ1n) is 27.2. The van der Waals surface area contributed by atoms with Crippen molar-refractivity contribution in [2.45, 2.75) is 240 Å². The zero-order valence-electron chi connectivity index (χ0n) is 43.8. The van der Waals surface area contributed by atoms with Gasteiger partial charge in [0.25, 0.3) is 0 Å².